The molecule has 1 aliphatic carbocycles. The lowest BCUT2D eigenvalue weighted by atomic mass is 10.0. The first-order valence-electron chi connectivity index (χ1n) is 9.84. The highest BCUT2D eigenvalue weighted by atomic mass is 35.5. The summed E-state index contributed by atoms with van der Waals surface area (Å²) in [5.74, 6) is -2.24. The molecule has 8 nitrogen and oxygen atoms in total. The van der Waals surface area contributed by atoms with Crippen molar-refractivity contribution >= 4 is 46.2 Å². The average Bonchev–Trinajstić information content (AvgIpc) is 3.29. The van der Waals surface area contributed by atoms with Crippen LogP contribution in [0.5, 0.6) is 0 Å². The highest BCUT2D eigenvalue weighted by molar-refractivity contribution is 6.31. The van der Waals surface area contributed by atoms with Gasteiger partial charge in [-0.25, -0.2) is 4.79 Å². The molecule has 1 aromatic carbocycles. The maximum absolute atomic E-state index is 13.4. The van der Waals surface area contributed by atoms with Crippen molar-refractivity contribution < 1.29 is 23.5 Å². The van der Waals surface area contributed by atoms with Gasteiger partial charge < -0.3 is 14.9 Å². The Bertz CT molecular complexity index is 1250. The molecule has 2 amide bonds. The van der Waals surface area contributed by atoms with E-state index in [9.17, 15) is 14.4 Å². The van der Waals surface area contributed by atoms with Gasteiger partial charge in [-0.15, -0.1) is 0 Å². The van der Waals surface area contributed by atoms with Crippen molar-refractivity contribution in [3.05, 3.63) is 56.9 Å². The van der Waals surface area contributed by atoms with E-state index in [1.165, 1.54) is 6.92 Å². The molecular weight excluding hydrogens is 422 g/mol. The summed E-state index contributed by atoms with van der Waals surface area (Å²) in [5, 5.41) is 3.69. The number of primary amides is 1. The SMILES string of the molecule is CCOC(=O)c1c(C)oc(NC(=O)c2c3c(nc4ccc(Cl)cc24)CCC3)c1C(N)=O. The lowest BCUT2D eigenvalue weighted by Gasteiger charge is -2.12. The first kappa shape index (κ1) is 20.9. The van der Waals surface area contributed by atoms with Crippen LogP contribution < -0.4 is 11.1 Å². The predicted molar refractivity (Wildman–Crippen MR) is 115 cm³/mol. The number of carbonyl (C=O) groups is 3. The first-order chi connectivity index (χ1) is 14.8. The van der Waals surface area contributed by atoms with Gasteiger partial charge in [-0.1, -0.05) is 11.6 Å². The van der Waals surface area contributed by atoms with Crippen LogP contribution in [0.1, 0.15) is 61.4 Å². The molecular formula is C22H20ClN3O5. The van der Waals surface area contributed by atoms with Crippen LogP contribution in [0.4, 0.5) is 5.88 Å². The van der Waals surface area contributed by atoms with Gasteiger partial charge in [0.15, 0.2) is 0 Å². The van der Waals surface area contributed by atoms with E-state index in [-0.39, 0.29) is 29.4 Å². The lowest BCUT2D eigenvalue weighted by Crippen LogP contribution is -2.21. The van der Waals surface area contributed by atoms with Crippen LogP contribution in [0.3, 0.4) is 0 Å². The van der Waals surface area contributed by atoms with Crippen molar-refractivity contribution in [2.75, 3.05) is 11.9 Å². The molecule has 3 aromatic rings. The molecule has 0 atom stereocenters. The van der Waals surface area contributed by atoms with Crippen molar-refractivity contribution in [3.8, 4) is 0 Å². The summed E-state index contributed by atoms with van der Waals surface area (Å²) < 4.78 is 10.5. The molecule has 4 rings (SSSR count). The molecule has 0 aliphatic heterocycles. The van der Waals surface area contributed by atoms with E-state index in [4.69, 9.17) is 26.5 Å². The number of aromatic nitrogens is 1. The standard InChI is InChI=1S/C22H20ClN3O5/c1-3-30-22(29)16-10(2)31-21(18(16)19(24)27)26-20(28)17-12-5-4-6-14(12)25-15-8-7-11(23)9-13(15)17/h7-9H,3-6H2,1-2H3,(H2,24,27)(H,26,28). The van der Waals surface area contributed by atoms with Gasteiger partial charge in [0.05, 0.1) is 17.7 Å². The number of halogens is 1. The second-order valence-corrected chi connectivity index (χ2v) is 7.64. The van der Waals surface area contributed by atoms with Crippen LogP contribution in [0, 0.1) is 6.92 Å². The highest BCUT2D eigenvalue weighted by Crippen LogP contribution is 2.33. The van der Waals surface area contributed by atoms with Gasteiger partial charge >= 0.3 is 5.97 Å². The number of hydrogen-bond donors (Lipinski definition) is 2. The molecule has 0 spiro atoms. The Morgan fingerprint density at radius 1 is 1.23 bits per heavy atom. The van der Waals surface area contributed by atoms with Crippen LogP contribution in [0.25, 0.3) is 10.9 Å². The molecule has 0 unspecified atom stereocenters. The summed E-state index contributed by atoms with van der Waals surface area (Å²) in [6.45, 7) is 3.24. The Hall–Kier alpha value is -3.39. The molecule has 9 heteroatoms. The van der Waals surface area contributed by atoms with E-state index in [0.29, 0.717) is 27.9 Å². The van der Waals surface area contributed by atoms with Gasteiger partial charge in [0.2, 0.25) is 5.88 Å². The van der Waals surface area contributed by atoms with Gasteiger partial charge in [-0.2, -0.15) is 0 Å². The third kappa shape index (κ3) is 3.63. The van der Waals surface area contributed by atoms with E-state index < -0.39 is 17.8 Å². The third-order valence-electron chi connectivity index (χ3n) is 5.24. The molecule has 1 aliphatic rings. The molecule has 0 saturated carbocycles. The minimum Gasteiger partial charge on any atom is -0.462 e. The van der Waals surface area contributed by atoms with Crippen LogP contribution >= 0.6 is 11.6 Å². The van der Waals surface area contributed by atoms with Gasteiger partial charge in [0.1, 0.15) is 16.9 Å². The normalized spacial score (nSPS) is 12.6. The van der Waals surface area contributed by atoms with Crippen LogP contribution in [0.2, 0.25) is 5.02 Å². The van der Waals surface area contributed by atoms with Gasteiger partial charge in [0, 0.05) is 16.1 Å². The Morgan fingerprint density at radius 3 is 2.71 bits per heavy atom. The van der Waals surface area contributed by atoms with E-state index in [1.807, 2.05) is 0 Å². The quantitative estimate of drug-likeness (QED) is 0.580. The molecule has 0 bridgehead atoms. The zero-order chi connectivity index (χ0) is 22.3. The number of fused-ring (bicyclic) bond motifs is 2. The number of nitrogens with zero attached hydrogens (tertiary/aromatic N) is 1. The Kier molecular flexibility index (Phi) is 5.41. The number of hydrogen-bond acceptors (Lipinski definition) is 6. The molecule has 2 aromatic heterocycles. The second kappa shape index (κ2) is 8.03. The summed E-state index contributed by atoms with van der Waals surface area (Å²) in [6, 6.07) is 5.16. The Balaban J connectivity index is 1.82. The number of aryl methyl sites for hydroxylation is 2. The second-order valence-electron chi connectivity index (χ2n) is 7.20. The van der Waals surface area contributed by atoms with Gasteiger partial charge in [-0.05, 0) is 56.9 Å². The summed E-state index contributed by atoms with van der Waals surface area (Å²) in [6.07, 6.45) is 2.35. The number of nitrogens with one attached hydrogen (secondary N) is 1. The van der Waals surface area contributed by atoms with Crippen molar-refractivity contribution in [3.63, 3.8) is 0 Å². The molecule has 160 valence electrons. The Labute approximate surface area is 182 Å². The van der Waals surface area contributed by atoms with Crippen molar-refractivity contribution in [1.82, 2.24) is 4.98 Å². The zero-order valence-corrected chi connectivity index (χ0v) is 17.8. The third-order valence-corrected chi connectivity index (χ3v) is 5.47. The summed E-state index contributed by atoms with van der Waals surface area (Å²) in [5.41, 5.74) is 7.93. The number of benzene rings is 1. The molecule has 3 N–H and O–H groups in total. The largest absolute Gasteiger partial charge is 0.462 e. The van der Waals surface area contributed by atoms with Gasteiger partial charge in [0.25, 0.3) is 11.8 Å². The molecule has 2 heterocycles. The Morgan fingerprint density at radius 2 is 2.00 bits per heavy atom. The number of carbonyl (C=O) groups excluding carboxylic acids is 3. The number of esters is 1. The zero-order valence-electron chi connectivity index (χ0n) is 17.0. The maximum Gasteiger partial charge on any atom is 0.342 e. The lowest BCUT2D eigenvalue weighted by molar-refractivity contribution is 0.0521. The van der Waals surface area contributed by atoms with Gasteiger partial charge in [-0.3, -0.25) is 19.9 Å². The van der Waals surface area contributed by atoms with Crippen molar-refractivity contribution in [1.29, 1.82) is 0 Å². The predicted octanol–water partition coefficient (Wildman–Crippen LogP) is 3.81. The molecule has 0 saturated heterocycles. The van der Waals surface area contributed by atoms with E-state index in [1.54, 1.807) is 25.1 Å². The summed E-state index contributed by atoms with van der Waals surface area (Å²) in [7, 11) is 0. The average molecular weight is 442 g/mol. The number of rotatable bonds is 5. The van der Waals surface area contributed by atoms with Crippen LogP contribution in [-0.2, 0) is 17.6 Å². The van der Waals surface area contributed by atoms with Crippen molar-refractivity contribution in [2.24, 2.45) is 5.73 Å². The monoisotopic (exact) mass is 441 g/mol. The van der Waals surface area contributed by atoms with Crippen LogP contribution in [-0.4, -0.2) is 29.4 Å². The van der Waals surface area contributed by atoms with E-state index in [0.717, 1.165) is 24.1 Å². The molecule has 0 radical (unpaired) electrons. The fraction of sp³-hybridized carbons (Fsp3) is 0.273. The minimum absolute atomic E-state index is 0.0995. The van der Waals surface area contributed by atoms with Crippen LogP contribution in [0.15, 0.2) is 22.6 Å². The number of anilines is 1. The number of amides is 2. The number of ether oxygens (including phenoxy) is 1. The summed E-state index contributed by atoms with van der Waals surface area (Å²) in [4.78, 5) is 42.4. The molecule has 31 heavy (non-hydrogen) atoms. The minimum atomic E-state index is -0.914. The van der Waals surface area contributed by atoms with Crippen molar-refractivity contribution in [2.45, 2.75) is 33.1 Å². The molecule has 0 fully saturated rings. The first-order valence-corrected chi connectivity index (χ1v) is 10.2. The van der Waals surface area contributed by atoms with E-state index >= 15 is 0 Å². The highest BCUT2D eigenvalue weighted by Gasteiger charge is 2.31. The van der Waals surface area contributed by atoms with E-state index in [2.05, 4.69) is 10.3 Å². The fourth-order valence-electron chi connectivity index (χ4n) is 3.98. The number of furan rings is 1. The summed E-state index contributed by atoms with van der Waals surface area (Å²) >= 11 is 6.17. The maximum atomic E-state index is 13.4. The number of nitrogens with two attached hydrogens (primary N) is 1. The topological polar surface area (TPSA) is 125 Å². The smallest absolute Gasteiger partial charge is 0.342 e. The number of pyridine rings is 1. The fourth-order valence-corrected chi connectivity index (χ4v) is 4.15.